The molecule has 0 unspecified atom stereocenters. The summed E-state index contributed by atoms with van der Waals surface area (Å²) >= 11 is 0. The number of carbonyl (C=O) groups excluding carboxylic acids is 3. The van der Waals surface area contributed by atoms with Crippen molar-refractivity contribution < 1.29 is 42.2 Å². The van der Waals surface area contributed by atoms with Crippen molar-refractivity contribution in [2.75, 3.05) is 13.1 Å². The van der Waals surface area contributed by atoms with Crippen LogP contribution in [0.1, 0.15) is 82.6 Å². The first-order chi connectivity index (χ1) is 21.0. The van der Waals surface area contributed by atoms with Gasteiger partial charge in [-0.25, -0.2) is 17.9 Å². The van der Waals surface area contributed by atoms with Crippen molar-refractivity contribution in [3.8, 4) is 5.75 Å². The third-order valence-corrected chi connectivity index (χ3v) is 8.82. The van der Waals surface area contributed by atoms with E-state index in [1.54, 1.807) is 34.6 Å². The SMILES string of the molecule is Cc1c(C)c(S(=O)(=O)NC(N)=NCCCC[C@H](N)C(=O)NCC(=O)N[C@@H](CC(=O)OC(C)(C)C)C(=O)O)c(C)c2c1OC(C)(C)C2. The molecule has 0 saturated heterocycles. The summed E-state index contributed by atoms with van der Waals surface area (Å²) in [6.45, 7) is 13.7. The molecular formula is C30H48N6O9S. The smallest absolute Gasteiger partial charge is 0.326 e. The number of fused-ring (bicyclic) bond motifs is 1. The topological polar surface area (TPSA) is 242 Å². The van der Waals surface area contributed by atoms with Crippen molar-refractivity contribution >= 4 is 39.7 Å². The maximum atomic E-state index is 13.3. The zero-order chi connectivity index (χ0) is 35.2. The first-order valence-corrected chi connectivity index (χ1v) is 16.4. The molecule has 1 heterocycles. The number of esters is 1. The van der Waals surface area contributed by atoms with Crippen molar-refractivity contribution in [1.82, 2.24) is 15.4 Å². The molecule has 46 heavy (non-hydrogen) atoms. The van der Waals surface area contributed by atoms with Crippen molar-refractivity contribution in [3.05, 3.63) is 22.3 Å². The Hall–Kier alpha value is -3.92. The molecular weight excluding hydrogens is 620 g/mol. The average molecular weight is 669 g/mol. The molecule has 15 nitrogen and oxygen atoms in total. The Labute approximate surface area is 270 Å². The molecule has 2 rings (SSSR count). The number of nitrogens with zero attached hydrogens (tertiary/aromatic N) is 1. The molecule has 1 aromatic carbocycles. The maximum Gasteiger partial charge on any atom is 0.326 e. The fraction of sp³-hybridized carbons (Fsp3) is 0.633. The highest BCUT2D eigenvalue weighted by atomic mass is 32.2. The Kier molecular flexibility index (Phi) is 12.6. The second-order valence-electron chi connectivity index (χ2n) is 13.0. The number of nitrogens with one attached hydrogen (secondary N) is 3. The van der Waals surface area contributed by atoms with Crippen molar-refractivity contribution in [2.45, 2.75) is 116 Å². The molecule has 2 amide bonds. The van der Waals surface area contributed by atoms with Gasteiger partial charge in [0.25, 0.3) is 10.0 Å². The Balaban J connectivity index is 1.82. The number of hydrogen-bond donors (Lipinski definition) is 6. The lowest BCUT2D eigenvalue weighted by Gasteiger charge is -2.21. The highest BCUT2D eigenvalue weighted by Crippen LogP contribution is 2.43. The monoisotopic (exact) mass is 668 g/mol. The van der Waals surface area contributed by atoms with Crippen LogP contribution in [0.15, 0.2) is 9.89 Å². The number of amides is 2. The molecule has 0 fully saturated rings. The van der Waals surface area contributed by atoms with E-state index in [0.717, 1.165) is 16.9 Å². The molecule has 1 aliphatic rings. The van der Waals surface area contributed by atoms with Gasteiger partial charge in [-0.05, 0) is 91.3 Å². The minimum atomic E-state index is -4.03. The second-order valence-corrected chi connectivity index (χ2v) is 14.6. The number of aliphatic carboxylic acids is 1. The molecule has 0 radical (unpaired) electrons. The largest absolute Gasteiger partial charge is 0.487 e. The minimum Gasteiger partial charge on any atom is -0.487 e. The molecule has 8 N–H and O–H groups in total. The third-order valence-electron chi connectivity index (χ3n) is 7.19. The number of benzene rings is 1. The van der Waals surface area contributed by atoms with Crippen molar-refractivity contribution in [3.63, 3.8) is 0 Å². The number of guanidine groups is 1. The van der Waals surface area contributed by atoms with E-state index in [1.165, 1.54) is 0 Å². The van der Waals surface area contributed by atoms with E-state index < -0.39 is 70.0 Å². The number of carboxylic acids is 1. The fourth-order valence-electron chi connectivity index (χ4n) is 4.97. The van der Waals surface area contributed by atoms with Gasteiger partial charge < -0.3 is 36.7 Å². The Morgan fingerprint density at radius 2 is 1.72 bits per heavy atom. The molecule has 258 valence electrons. The van der Waals surface area contributed by atoms with Gasteiger partial charge in [0.1, 0.15) is 23.0 Å². The molecule has 1 aliphatic heterocycles. The summed E-state index contributed by atoms with van der Waals surface area (Å²) in [7, 11) is -4.03. The van der Waals surface area contributed by atoms with Crippen LogP contribution >= 0.6 is 0 Å². The maximum absolute atomic E-state index is 13.3. The number of hydrogen-bond acceptors (Lipinski definition) is 10. The predicted octanol–water partition coefficient (Wildman–Crippen LogP) is 0.833. The van der Waals surface area contributed by atoms with Crippen LogP contribution in [0.4, 0.5) is 0 Å². The molecule has 2 atom stereocenters. The number of rotatable bonds is 14. The molecule has 0 aromatic heterocycles. The molecule has 0 aliphatic carbocycles. The van der Waals surface area contributed by atoms with Crippen LogP contribution in [-0.2, 0) is 40.4 Å². The van der Waals surface area contributed by atoms with E-state index >= 15 is 0 Å². The predicted molar refractivity (Wildman–Crippen MR) is 171 cm³/mol. The number of carboxylic acid groups (broad SMARTS) is 1. The minimum absolute atomic E-state index is 0.149. The van der Waals surface area contributed by atoms with Gasteiger partial charge in [0.15, 0.2) is 0 Å². The van der Waals surface area contributed by atoms with E-state index in [1.807, 2.05) is 20.8 Å². The summed E-state index contributed by atoms with van der Waals surface area (Å²) in [4.78, 5) is 52.1. The van der Waals surface area contributed by atoms with E-state index in [9.17, 15) is 32.7 Å². The van der Waals surface area contributed by atoms with Crippen LogP contribution in [0.5, 0.6) is 5.75 Å². The van der Waals surface area contributed by atoms with Crippen LogP contribution in [0.3, 0.4) is 0 Å². The van der Waals surface area contributed by atoms with Crippen LogP contribution < -0.4 is 31.6 Å². The lowest BCUT2D eigenvalue weighted by Crippen LogP contribution is -2.49. The highest BCUT2D eigenvalue weighted by molar-refractivity contribution is 7.90. The van der Waals surface area contributed by atoms with Crippen LogP contribution in [0.2, 0.25) is 0 Å². The highest BCUT2D eigenvalue weighted by Gasteiger charge is 2.36. The Morgan fingerprint density at radius 1 is 1.09 bits per heavy atom. The summed E-state index contributed by atoms with van der Waals surface area (Å²) in [5.41, 5.74) is 13.3. The van der Waals surface area contributed by atoms with Gasteiger partial charge in [-0.1, -0.05) is 0 Å². The Bertz CT molecular complexity index is 1480. The number of nitrogens with two attached hydrogens (primary N) is 2. The average Bonchev–Trinajstić information content (AvgIpc) is 3.24. The zero-order valence-corrected chi connectivity index (χ0v) is 28.6. The van der Waals surface area contributed by atoms with E-state index in [-0.39, 0.29) is 23.8 Å². The number of aliphatic imine (C=N–C) groups is 1. The van der Waals surface area contributed by atoms with Crippen LogP contribution in [0, 0.1) is 20.8 Å². The Morgan fingerprint density at radius 3 is 2.30 bits per heavy atom. The van der Waals surface area contributed by atoms with Gasteiger partial charge in [-0.3, -0.25) is 19.4 Å². The second kappa shape index (κ2) is 15.1. The summed E-state index contributed by atoms with van der Waals surface area (Å²) in [5.74, 6) is -3.23. The normalized spacial score (nSPS) is 15.6. The third kappa shape index (κ3) is 10.9. The summed E-state index contributed by atoms with van der Waals surface area (Å²) in [6.07, 6.45) is 1.11. The van der Waals surface area contributed by atoms with Gasteiger partial charge in [0.2, 0.25) is 17.8 Å². The van der Waals surface area contributed by atoms with Gasteiger partial charge in [-0.2, -0.15) is 0 Å². The summed E-state index contributed by atoms with van der Waals surface area (Å²) in [6, 6.07) is -2.49. The van der Waals surface area contributed by atoms with E-state index in [0.29, 0.717) is 30.4 Å². The fourth-order valence-corrected chi connectivity index (χ4v) is 6.49. The first-order valence-electron chi connectivity index (χ1n) is 15.0. The molecule has 1 aromatic rings. The lowest BCUT2D eigenvalue weighted by molar-refractivity contribution is -0.158. The van der Waals surface area contributed by atoms with E-state index in [4.69, 9.17) is 20.9 Å². The molecule has 0 spiro atoms. The molecule has 0 saturated carbocycles. The van der Waals surface area contributed by atoms with Gasteiger partial charge >= 0.3 is 11.9 Å². The first kappa shape index (κ1) is 38.3. The quantitative estimate of drug-likeness (QED) is 0.0702. The zero-order valence-electron chi connectivity index (χ0n) is 27.8. The van der Waals surface area contributed by atoms with Crippen LogP contribution in [-0.4, -0.2) is 79.6 Å². The number of sulfonamides is 1. The van der Waals surface area contributed by atoms with Gasteiger partial charge in [-0.15, -0.1) is 0 Å². The van der Waals surface area contributed by atoms with Gasteiger partial charge in [0, 0.05) is 18.5 Å². The number of carbonyl (C=O) groups is 4. The lowest BCUT2D eigenvalue weighted by atomic mass is 9.94. The van der Waals surface area contributed by atoms with Gasteiger partial charge in [0.05, 0.1) is 23.9 Å². The van der Waals surface area contributed by atoms with Crippen molar-refractivity contribution in [2.24, 2.45) is 16.5 Å². The number of unbranched alkanes of at least 4 members (excludes halogenated alkanes) is 1. The van der Waals surface area contributed by atoms with Crippen LogP contribution in [0.25, 0.3) is 0 Å². The standard InChI is InChI=1S/C30H48N6O9S/c1-16-17(2)25(18(3)19-14-30(7,8)45-24(16)19)46(42,43)36-28(32)33-12-10-9-11-20(31)26(39)34-15-22(37)35-21(27(40)41)13-23(38)44-29(4,5)6/h20-21H,9-15,31H2,1-8H3,(H,34,39)(H,35,37)(H,40,41)(H3,32,33,36)/t20-,21-/m0/s1. The van der Waals surface area contributed by atoms with Crippen molar-refractivity contribution in [1.29, 1.82) is 0 Å². The molecule has 16 heteroatoms. The summed E-state index contributed by atoms with van der Waals surface area (Å²) in [5, 5.41) is 13.8. The summed E-state index contributed by atoms with van der Waals surface area (Å²) < 4.78 is 40.1. The number of ether oxygens (including phenoxy) is 2. The molecule has 0 bridgehead atoms. The van der Waals surface area contributed by atoms with E-state index in [2.05, 4.69) is 20.3 Å².